The molecule has 2 nitrogen and oxygen atoms in total. The van der Waals surface area contributed by atoms with Gasteiger partial charge in [0.15, 0.2) is 0 Å². The Hall–Kier alpha value is -1.71. The van der Waals surface area contributed by atoms with E-state index in [0.717, 1.165) is 13.0 Å². The fourth-order valence-corrected chi connectivity index (χ4v) is 3.29. The number of hydrogen-bond donors (Lipinski definition) is 1. The SMILES string of the molecule is CN(C)CCc1ccc2[nH]cc(Sc3ccccc3)c2c1. The topological polar surface area (TPSA) is 19.0 Å². The number of likely N-dealkylation sites (N-methyl/N-ethyl adjacent to an activating group) is 1. The molecule has 0 saturated carbocycles. The number of aromatic nitrogens is 1. The third-order valence-electron chi connectivity index (χ3n) is 3.53. The van der Waals surface area contributed by atoms with Gasteiger partial charge in [-0.2, -0.15) is 0 Å². The molecule has 3 heteroatoms. The molecule has 0 amide bonds. The number of nitrogens with zero attached hydrogens (tertiary/aromatic N) is 1. The van der Waals surface area contributed by atoms with Crippen LogP contribution in [0, 0.1) is 0 Å². The quantitative estimate of drug-likeness (QED) is 0.751. The second kappa shape index (κ2) is 6.37. The minimum absolute atomic E-state index is 1.08. The van der Waals surface area contributed by atoms with Crippen molar-refractivity contribution in [2.45, 2.75) is 16.2 Å². The van der Waals surface area contributed by atoms with Gasteiger partial charge in [0.2, 0.25) is 0 Å². The number of H-pyrrole nitrogens is 1. The van der Waals surface area contributed by atoms with Crippen molar-refractivity contribution in [2.75, 3.05) is 20.6 Å². The van der Waals surface area contributed by atoms with Crippen LogP contribution in [0.3, 0.4) is 0 Å². The molecule has 3 aromatic rings. The summed E-state index contributed by atoms with van der Waals surface area (Å²) in [5, 5.41) is 1.32. The second-order valence-corrected chi connectivity index (χ2v) is 6.62. The van der Waals surface area contributed by atoms with Crippen molar-refractivity contribution in [3.63, 3.8) is 0 Å². The standard InChI is InChI=1S/C18H20N2S/c1-20(2)11-10-14-8-9-17-16(12-14)18(13-19-17)21-15-6-4-3-5-7-15/h3-9,12-13,19H,10-11H2,1-2H3. The molecule has 0 aliphatic heterocycles. The van der Waals surface area contributed by atoms with Gasteiger partial charge in [0, 0.05) is 33.4 Å². The minimum Gasteiger partial charge on any atom is -0.360 e. The van der Waals surface area contributed by atoms with Crippen molar-refractivity contribution in [1.29, 1.82) is 0 Å². The predicted molar refractivity (Wildman–Crippen MR) is 91.1 cm³/mol. The van der Waals surface area contributed by atoms with E-state index in [1.165, 1.54) is 26.3 Å². The number of aromatic amines is 1. The van der Waals surface area contributed by atoms with E-state index in [-0.39, 0.29) is 0 Å². The van der Waals surface area contributed by atoms with Crippen molar-refractivity contribution < 1.29 is 0 Å². The lowest BCUT2D eigenvalue weighted by Gasteiger charge is -2.09. The zero-order chi connectivity index (χ0) is 14.7. The van der Waals surface area contributed by atoms with Crippen molar-refractivity contribution in [3.05, 3.63) is 60.3 Å². The lowest BCUT2D eigenvalue weighted by molar-refractivity contribution is 0.414. The molecule has 0 aliphatic carbocycles. The maximum Gasteiger partial charge on any atom is 0.0465 e. The molecule has 0 radical (unpaired) electrons. The van der Waals surface area contributed by atoms with Gasteiger partial charge in [-0.05, 0) is 50.3 Å². The first-order chi connectivity index (χ1) is 10.2. The molecular weight excluding hydrogens is 276 g/mol. The fourth-order valence-electron chi connectivity index (χ4n) is 2.35. The van der Waals surface area contributed by atoms with E-state index in [9.17, 15) is 0 Å². The molecule has 3 rings (SSSR count). The molecular formula is C18H20N2S. The van der Waals surface area contributed by atoms with Crippen LogP contribution in [0.25, 0.3) is 10.9 Å². The zero-order valence-corrected chi connectivity index (χ0v) is 13.3. The summed E-state index contributed by atoms with van der Waals surface area (Å²) in [5.74, 6) is 0. The van der Waals surface area contributed by atoms with Crippen molar-refractivity contribution in [3.8, 4) is 0 Å². The van der Waals surface area contributed by atoms with Crippen LogP contribution in [0.2, 0.25) is 0 Å². The van der Waals surface area contributed by atoms with Crippen LogP contribution in [0.4, 0.5) is 0 Å². The zero-order valence-electron chi connectivity index (χ0n) is 12.5. The minimum atomic E-state index is 1.08. The smallest absolute Gasteiger partial charge is 0.0465 e. The summed E-state index contributed by atoms with van der Waals surface area (Å²) in [6.45, 7) is 1.08. The van der Waals surface area contributed by atoms with Crippen LogP contribution in [0.15, 0.2) is 64.5 Å². The van der Waals surface area contributed by atoms with E-state index in [0.29, 0.717) is 0 Å². The molecule has 0 bridgehead atoms. The van der Waals surface area contributed by atoms with Crippen LogP contribution in [0.1, 0.15) is 5.56 Å². The average Bonchev–Trinajstić information content (AvgIpc) is 2.89. The Labute approximate surface area is 130 Å². The fraction of sp³-hybridized carbons (Fsp3) is 0.222. The van der Waals surface area contributed by atoms with Crippen LogP contribution >= 0.6 is 11.8 Å². The molecule has 1 heterocycles. The third-order valence-corrected chi connectivity index (χ3v) is 4.59. The van der Waals surface area contributed by atoms with Gasteiger partial charge in [-0.1, -0.05) is 36.0 Å². The highest BCUT2D eigenvalue weighted by atomic mass is 32.2. The Balaban J connectivity index is 1.87. The predicted octanol–water partition coefficient (Wildman–Crippen LogP) is 4.42. The average molecular weight is 296 g/mol. The van der Waals surface area contributed by atoms with Gasteiger partial charge in [0.05, 0.1) is 0 Å². The summed E-state index contributed by atoms with van der Waals surface area (Å²) in [7, 11) is 4.23. The van der Waals surface area contributed by atoms with Gasteiger partial charge in [-0.15, -0.1) is 0 Å². The molecule has 0 unspecified atom stereocenters. The molecule has 2 aromatic carbocycles. The van der Waals surface area contributed by atoms with E-state index < -0.39 is 0 Å². The van der Waals surface area contributed by atoms with E-state index in [1.807, 2.05) is 11.8 Å². The Morgan fingerprint density at radius 3 is 2.62 bits per heavy atom. The van der Waals surface area contributed by atoms with Crippen molar-refractivity contribution in [1.82, 2.24) is 9.88 Å². The highest BCUT2D eigenvalue weighted by molar-refractivity contribution is 7.99. The Morgan fingerprint density at radius 1 is 1.05 bits per heavy atom. The summed E-state index contributed by atoms with van der Waals surface area (Å²) < 4.78 is 0. The molecule has 0 atom stereocenters. The Morgan fingerprint density at radius 2 is 1.86 bits per heavy atom. The van der Waals surface area contributed by atoms with E-state index in [4.69, 9.17) is 0 Å². The molecule has 0 saturated heterocycles. The molecule has 108 valence electrons. The summed E-state index contributed by atoms with van der Waals surface area (Å²) in [5.41, 5.74) is 2.60. The van der Waals surface area contributed by atoms with Gasteiger partial charge in [-0.25, -0.2) is 0 Å². The lowest BCUT2D eigenvalue weighted by Crippen LogP contribution is -2.14. The molecule has 1 N–H and O–H groups in total. The first kappa shape index (κ1) is 14.2. The first-order valence-corrected chi connectivity index (χ1v) is 8.02. The van der Waals surface area contributed by atoms with Gasteiger partial charge in [0.1, 0.15) is 0 Å². The van der Waals surface area contributed by atoms with Gasteiger partial charge >= 0.3 is 0 Å². The molecule has 0 spiro atoms. The Bertz CT molecular complexity index is 716. The number of nitrogens with one attached hydrogen (secondary N) is 1. The van der Waals surface area contributed by atoms with E-state index in [1.54, 1.807) is 0 Å². The molecule has 21 heavy (non-hydrogen) atoms. The monoisotopic (exact) mass is 296 g/mol. The van der Waals surface area contributed by atoms with Crippen LogP contribution in [-0.4, -0.2) is 30.5 Å². The number of fused-ring (bicyclic) bond motifs is 1. The van der Waals surface area contributed by atoms with Crippen LogP contribution < -0.4 is 0 Å². The molecule has 1 aromatic heterocycles. The number of hydrogen-bond acceptors (Lipinski definition) is 2. The normalized spacial score (nSPS) is 11.4. The second-order valence-electron chi connectivity index (χ2n) is 5.50. The van der Waals surface area contributed by atoms with Gasteiger partial charge < -0.3 is 9.88 Å². The highest BCUT2D eigenvalue weighted by Crippen LogP contribution is 2.33. The summed E-state index contributed by atoms with van der Waals surface area (Å²) in [4.78, 5) is 8.16. The largest absolute Gasteiger partial charge is 0.360 e. The summed E-state index contributed by atoms with van der Waals surface area (Å²) in [6, 6.07) is 17.3. The maximum absolute atomic E-state index is 3.37. The van der Waals surface area contributed by atoms with Crippen molar-refractivity contribution in [2.24, 2.45) is 0 Å². The van der Waals surface area contributed by atoms with Crippen molar-refractivity contribution >= 4 is 22.7 Å². The number of benzene rings is 2. The summed E-state index contributed by atoms with van der Waals surface area (Å²) in [6.07, 6.45) is 3.20. The van der Waals surface area contributed by atoms with E-state index >= 15 is 0 Å². The van der Waals surface area contributed by atoms with Crippen LogP contribution in [0.5, 0.6) is 0 Å². The molecule has 0 aliphatic rings. The van der Waals surface area contributed by atoms with E-state index in [2.05, 4.69) is 78.7 Å². The summed E-state index contributed by atoms with van der Waals surface area (Å²) >= 11 is 1.82. The van der Waals surface area contributed by atoms with Crippen LogP contribution in [-0.2, 0) is 6.42 Å². The Kier molecular flexibility index (Phi) is 4.32. The number of rotatable bonds is 5. The third kappa shape index (κ3) is 3.49. The van der Waals surface area contributed by atoms with Gasteiger partial charge in [-0.3, -0.25) is 0 Å². The lowest BCUT2D eigenvalue weighted by atomic mass is 10.1. The first-order valence-electron chi connectivity index (χ1n) is 7.20. The molecule has 0 fully saturated rings. The van der Waals surface area contributed by atoms with Gasteiger partial charge in [0.25, 0.3) is 0 Å². The highest BCUT2D eigenvalue weighted by Gasteiger charge is 2.06. The maximum atomic E-state index is 3.37.